The van der Waals surface area contributed by atoms with Crippen molar-refractivity contribution in [3.05, 3.63) is 52.9 Å². The third kappa shape index (κ3) is 5.25. The van der Waals surface area contributed by atoms with Crippen molar-refractivity contribution in [2.24, 2.45) is 7.05 Å². The van der Waals surface area contributed by atoms with Gasteiger partial charge in [-0.1, -0.05) is 13.0 Å². The Balaban J connectivity index is 1.96. The van der Waals surface area contributed by atoms with Crippen LogP contribution in [-0.2, 0) is 16.6 Å². The predicted molar refractivity (Wildman–Crippen MR) is 108 cm³/mol. The fourth-order valence-electron chi connectivity index (χ4n) is 2.68. The highest BCUT2D eigenvalue weighted by Crippen LogP contribution is 2.28. The quantitative estimate of drug-likeness (QED) is 0.372. The lowest BCUT2D eigenvalue weighted by molar-refractivity contribution is -0.136. The van der Waals surface area contributed by atoms with E-state index in [1.165, 1.54) is 6.08 Å². The van der Waals surface area contributed by atoms with Crippen molar-refractivity contribution in [1.29, 1.82) is 0 Å². The third-order valence-corrected chi connectivity index (χ3v) is 4.48. The van der Waals surface area contributed by atoms with E-state index in [0.717, 1.165) is 23.4 Å². The molecule has 0 saturated carbocycles. The highest BCUT2D eigenvalue weighted by molar-refractivity contribution is 6.00. The van der Waals surface area contributed by atoms with Gasteiger partial charge in [0.25, 0.3) is 0 Å². The molecule has 0 aliphatic heterocycles. The number of nitrogens with zero attached hydrogens (tertiary/aromatic N) is 1. The van der Waals surface area contributed by atoms with Gasteiger partial charge < -0.3 is 18.8 Å². The monoisotopic (exact) mass is 385 g/mol. The molecule has 0 unspecified atom stereocenters. The van der Waals surface area contributed by atoms with Crippen molar-refractivity contribution in [3.8, 4) is 11.5 Å². The van der Waals surface area contributed by atoms with Crippen molar-refractivity contribution in [2.45, 2.75) is 27.2 Å². The molecule has 1 heterocycles. The van der Waals surface area contributed by atoms with Gasteiger partial charge >= 0.3 is 5.97 Å². The molecule has 0 N–H and O–H groups in total. The van der Waals surface area contributed by atoms with Crippen molar-refractivity contribution in [3.63, 3.8) is 0 Å². The normalized spacial score (nSPS) is 10.9. The number of benzene rings is 1. The molecule has 2 rings (SSSR count). The molecule has 6 nitrogen and oxygen atoms in total. The second-order valence-electron chi connectivity index (χ2n) is 6.47. The second-order valence-corrected chi connectivity index (χ2v) is 6.47. The summed E-state index contributed by atoms with van der Waals surface area (Å²) in [5, 5.41) is 0. The smallest absolute Gasteiger partial charge is 0.331 e. The average Bonchev–Trinajstić information content (AvgIpc) is 2.96. The summed E-state index contributed by atoms with van der Waals surface area (Å²) in [6.07, 6.45) is 3.80. The van der Waals surface area contributed by atoms with E-state index < -0.39 is 5.97 Å². The van der Waals surface area contributed by atoms with Crippen LogP contribution in [-0.4, -0.2) is 36.6 Å². The standard InChI is InChI=1S/C22H27NO5/c1-6-11-27-20-9-7-17(13-21(20)26-5)8-10-22(25)28-14-19(24)18-12-15(2)23(4)16(18)3/h7-10,12-13H,6,11,14H2,1-5H3/b10-8+. The van der Waals surface area contributed by atoms with Gasteiger partial charge in [-0.2, -0.15) is 0 Å². The molecule has 1 aromatic carbocycles. The Hall–Kier alpha value is -3.02. The van der Waals surface area contributed by atoms with Gasteiger partial charge in [-0.3, -0.25) is 4.79 Å². The first kappa shape index (κ1) is 21.3. The summed E-state index contributed by atoms with van der Waals surface area (Å²) in [6.45, 7) is 6.13. The summed E-state index contributed by atoms with van der Waals surface area (Å²) in [6, 6.07) is 7.19. The number of ether oxygens (including phenoxy) is 3. The van der Waals surface area contributed by atoms with Crippen LogP contribution in [0.1, 0.15) is 40.7 Å². The maximum absolute atomic E-state index is 12.3. The molecular weight excluding hydrogens is 358 g/mol. The minimum atomic E-state index is -0.580. The van der Waals surface area contributed by atoms with Gasteiger partial charge in [0.1, 0.15) is 0 Å². The number of aromatic nitrogens is 1. The van der Waals surface area contributed by atoms with Crippen LogP contribution in [0.4, 0.5) is 0 Å². The number of ketones is 1. The van der Waals surface area contributed by atoms with Crippen molar-refractivity contribution in [1.82, 2.24) is 4.57 Å². The maximum Gasteiger partial charge on any atom is 0.331 e. The number of Topliss-reactive ketones (excluding diaryl/α,β-unsaturated/α-hetero) is 1. The predicted octanol–water partition coefficient (Wildman–Crippen LogP) is 3.88. The first-order valence-corrected chi connectivity index (χ1v) is 9.19. The average molecular weight is 385 g/mol. The molecule has 0 fully saturated rings. The Morgan fingerprint density at radius 1 is 1.14 bits per heavy atom. The van der Waals surface area contributed by atoms with Crippen LogP contribution in [0.5, 0.6) is 11.5 Å². The Morgan fingerprint density at radius 2 is 1.89 bits per heavy atom. The summed E-state index contributed by atoms with van der Waals surface area (Å²) in [5.74, 6) is 0.447. The Labute approximate surface area is 165 Å². The fraction of sp³-hybridized carbons (Fsp3) is 0.364. The van der Waals surface area contributed by atoms with E-state index in [0.29, 0.717) is 23.7 Å². The molecule has 0 aliphatic rings. The van der Waals surface area contributed by atoms with Gasteiger partial charge in [-0.25, -0.2) is 4.79 Å². The van der Waals surface area contributed by atoms with E-state index in [9.17, 15) is 9.59 Å². The van der Waals surface area contributed by atoms with E-state index in [1.54, 1.807) is 31.4 Å². The molecule has 0 spiro atoms. The van der Waals surface area contributed by atoms with Gasteiger partial charge in [0.2, 0.25) is 5.78 Å². The number of hydrogen-bond acceptors (Lipinski definition) is 5. The van der Waals surface area contributed by atoms with Crippen LogP contribution in [0.3, 0.4) is 0 Å². The van der Waals surface area contributed by atoms with Gasteiger partial charge in [-0.05, 0) is 50.1 Å². The number of carbonyl (C=O) groups excluding carboxylic acids is 2. The van der Waals surface area contributed by atoms with Crippen LogP contribution in [0.2, 0.25) is 0 Å². The van der Waals surface area contributed by atoms with Crippen molar-refractivity contribution in [2.75, 3.05) is 20.3 Å². The SMILES string of the molecule is CCCOc1ccc(/C=C/C(=O)OCC(=O)c2cc(C)n(C)c2C)cc1OC. The molecule has 0 aliphatic carbocycles. The van der Waals surface area contributed by atoms with Crippen LogP contribution in [0.25, 0.3) is 6.08 Å². The van der Waals surface area contributed by atoms with E-state index in [1.807, 2.05) is 38.5 Å². The minimum Gasteiger partial charge on any atom is -0.493 e. The number of aryl methyl sites for hydroxylation is 1. The van der Waals surface area contributed by atoms with E-state index >= 15 is 0 Å². The highest BCUT2D eigenvalue weighted by atomic mass is 16.5. The number of hydrogen-bond donors (Lipinski definition) is 0. The topological polar surface area (TPSA) is 66.8 Å². The summed E-state index contributed by atoms with van der Waals surface area (Å²) in [4.78, 5) is 24.2. The maximum atomic E-state index is 12.3. The number of esters is 1. The zero-order valence-electron chi connectivity index (χ0n) is 17.1. The minimum absolute atomic E-state index is 0.220. The largest absolute Gasteiger partial charge is 0.493 e. The van der Waals surface area contributed by atoms with E-state index in [-0.39, 0.29) is 12.4 Å². The van der Waals surface area contributed by atoms with E-state index in [4.69, 9.17) is 14.2 Å². The molecular formula is C22H27NO5. The van der Waals surface area contributed by atoms with Gasteiger partial charge in [0, 0.05) is 30.1 Å². The van der Waals surface area contributed by atoms with Crippen LogP contribution >= 0.6 is 0 Å². The lowest BCUT2D eigenvalue weighted by atomic mass is 10.1. The summed E-state index contributed by atoms with van der Waals surface area (Å²) in [7, 11) is 3.46. The Bertz CT molecular complexity index is 879. The molecule has 150 valence electrons. The third-order valence-electron chi connectivity index (χ3n) is 4.48. The zero-order valence-corrected chi connectivity index (χ0v) is 17.1. The molecule has 2 aromatic rings. The first-order chi connectivity index (χ1) is 13.4. The summed E-state index contributed by atoms with van der Waals surface area (Å²) < 4.78 is 17.9. The molecule has 0 saturated heterocycles. The lowest BCUT2D eigenvalue weighted by Gasteiger charge is -2.10. The Morgan fingerprint density at radius 3 is 2.50 bits per heavy atom. The molecule has 0 amide bonds. The molecule has 28 heavy (non-hydrogen) atoms. The van der Waals surface area contributed by atoms with Crippen LogP contribution < -0.4 is 9.47 Å². The summed E-state index contributed by atoms with van der Waals surface area (Å²) >= 11 is 0. The van der Waals surface area contributed by atoms with Crippen LogP contribution in [0, 0.1) is 13.8 Å². The Kier molecular flexibility index (Phi) is 7.44. The van der Waals surface area contributed by atoms with Crippen LogP contribution in [0.15, 0.2) is 30.3 Å². The van der Waals surface area contributed by atoms with Gasteiger partial charge in [0.15, 0.2) is 18.1 Å². The van der Waals surface area contributed by atoms with Gasteiger partial charge in [0.05, 0.1) is 13.7 Å². The number of methoxy groups -OCH3 is 1. The van der Waals surface area contributed by atoms with E-state index in [2.05, 4.69) is 0 Å². The zero-order chi connectivity index (χ0) is 20.7. The second kappa shape index (κ2) is 9.78. The number of rotatable bonds is 9. The molecule has 0 atom stereocenters. The fourth-order valence-corrected chi connectivity index (χ4v) is 2.68. The van der Waals surface area contributed by atoms with Crippen molar-refractivity contribution >= 4 is 17.8 Å². The summed E-state index contributed by atoms with van der Waals surface area (Å²) in [5.41, 5.74) is 3.17. The molecule has 0 bridgehead atoms. The van der Waals surface area contributed by atoms with Gasteiger partial charge in [-0.15, -0.1) is 0 Å². The number of carbonyl (C=O) groups is 2. The molecule has 1 aromatic heterocycles. The highest BCUT2D eigenvalue weighted by Gasteiger charge is 2.15. The lowest BCUT2D eigenvalue weighted by Crippen LogP contribution is -2.13. The van der Waals surface area contributed by atoms with Crippen molar-refractivity contribution < 1.29 is 23.8 Å². The molecule has 6 heteroatoms. The first-order valence-electron chi connectivity index (χ1n) is 9.19. The molecule has 0 radical (unpaired) electrons.